The summed E-state index contributed by atoms with van der Waals surface area (Å²) >= 11 is 107. The fraction of sp³-hybridized carbons (Fsp3) is 0.0208. The summed E-state index contributed by atoms with van der Waals surface area (Å²) in [6.45, 7) is 0. The number of aromatic amines is 2. The molecular formula is C48H11Cl16CuN13O4. The number of nitrogens with zero attached hydrogens (tertiary/aromatic N) is 10. The first-order chi connectivity index (χ1) is 38.4. The van der Waals surface area contributed by atoms with Gasteiger partial charge >= 0.3 is 22.8 Å². The van der Waals surface area contributed by atoms with E-state index in [-0.39, 0.29) is 210 Å². The van der Waals surface area contributed by atoms with Gasteiger partial charge in [0.2, 0.25) is 5.88 Å². The number of rotatable bonds is 2. The van der Waals surface area contributed by atoms with Crippen molar-refractivity contribution < 1.29 is 27.0 Å². The van der Waals surface area contributed by atoms with Gasteiger partial charge in [0.05, 0.1) is 115 Å². The van der Waals surface area contributed by atoms with E-state index >= 15 is 0 Å². The zero-order valence-corrected chi connectivity index (χ0v) is 51.8. The molecule has 4 aromatic heterocycles. The van der Waals surface area contributed by atoms with E-state index in [2.05, 4.69) is 35.2 Å². The van der Waals surface area contributed by atoms with Crippen LogP contribution in [0.2, 0.25) is 80.4 Å². The summed E-state index contributed by atoms with van der Waals surface area (Å²) in [5.74, 6) is -1.72. The predicted octanol–water partition coefficient (Wildman–Crippen LogP) is 16.2. The molecule has 17 nitrogen and oxygen atoms in total. The van der Waals surface area contributed by atoms with Crippen LogP contribution in [-0.4, -0.2) is 63.6 Å². The Balaban J connectivity index is 0.000000243. The Hall–Kier alpha value is -4.53. The zero-order chi connectivity index (χ0) is 58.3. The molecule has 8 bridgehead atoms. The monoisotopic (exact) mass is 1460 g/mol. The first kappa shape index (κ1) is 60.6. The number of likely N-dealkylation sites (N-methyl/N-ethyl adjacent to an activating group) is 1. The number of nitriles is 1. The summed E-state index contributed by atoms with van der Waals surface area (Å²) in [7, 11) is 1.38. The Morgan fingerprint density at radius 2 is 0.829 bits per heavy atom. The molecule has 34 heteroatoms. The number of aliphatic imine (C=N–C) groups is 1. The number of carbonyl (C=O) groups excluding carboxylic acids is 1. The van der Waals surface area contributed by atoms with Gasteiger partial charge in [-0.2, -0.15) is 5.26 Å². The van der Waals surface area contributed by atoms with Crippen molar-refractivity contribution in [2.75, 3.05) is 7.05 Å². The number of amides is 1. The molecule has 12 rings (SSSR count). The third-order valence-corrected chi connectivity index (χ3v) is 19.4. The summed E-state index contributed by atoms with van der Waals surface area (Å²) in [4.78, 5) is 81.3. The number of hydrogen-bond acceptors (Lipinski definition) is 12. The Morgan fingerprint density at radius 1 is 0.500 bits per heavy atom. The maximum absolute atomic E-state index is 12.1. The number of H-pyrrole nitrogens is 2. The van der Waals surface area contributed by atoms with Crippen LogP contribution in [-0.2, 0) is 21.9 Å². The van der Waals surface area contributed by atoms with E-state index < -0.39 is 23.0 Å². The molecule has 1 amide bonds. The van der Waals surface area contributed by atoms with Crippen LogP contribution in [0.1, 0.15) is 16.7 Å². The molecule has 415 valence electrons. The van der Waals surface area contributed by atoms with Gasteiger partial charge in [0.15, 0.2) is 0 Å². The van der Waals surface area contributed by atoms with Gasteiger partial charge in [0, 0.05) is 84.6 Å². The quantitative estimate of drug-likeness (QED) is 0.0413. The average molecular weight is 1460 g/mol. The average Bonchev–Trinajstić information content (AvgIpc) is 2.38. The molecule has 7 heterocycles. The van der Waals surface area contributed by atoms with Gasteiger partial charge in [-0.05, 0) is 0 Å². The SMILES string of the molecule is CNC(=O)/C(C#N)=C1\N=C(c2c(O)[nH]c(=O)[nH]c2=O)c2ccccc21.Clc1c(Cl)c(Cl)c2c(c1Cl)-c1nc-2nc2[n-]c(nc3nc(nc4[n-]c(n1)c1c(Cl)c(Cl)c(Cl)c(Cl)c41)-c1c(Cl)c(Cl)c(Cl)c(Cl)c1-3)c1c(Cl)c(Cl)c(Cl)c(Cl)c21.[Cu+2]. The van der Waals surface area contributed by atoms with Gasteiger partial charge in [-0.1, -0.05) is 210 Å². The van der Waals surface area contributed by atoms with Crippen molar-refractivity contribution >= 4 is 247 Å². The molecule has 3 aliphatic rings. The number of aromatic hydroxyl groups is 1. The van der Waals surface area contributed by atoms with Gasteiger partial charge in [-0.3, -0.25) is 19.6 Å². The Kier molecular flexibility index (Phi) is 16.8. The second-order valence-electron chi connectivity index (χ2n) is 16.6. The Morgan fingerprint density at radius 3 is 1.15 bits per heavy atom. The molecule has 5 aromatic carbocycles. The van der Waals surface area contributed by atoms with Gasteiger partial charge in [0.1, 0.15) is 17.2 Å². The van der Waals surface area contributed by atoms with E-state index in [9.17, 15) is 24.8 Å². The minimum atomic E-state index is -0.864. The third kappa shape index (κ3) is 9.45. The van der Waals surface area contributed by atoms with Gasteiger partial charge in [0.25, 0.3) is 11.5 Å². The smallest absolute Gasteiger partial charge is 0.494 e. The standard InChI is InChI=1S/C32Cl16N8.C16H11N5O4.Cu/c33-9-1-2(10(34)18(42)17(9)41)26-49-25(1)53-27-3-4(12(36)20(44)19(43)11(3)35)29(50-27)55-31-7-8(16(40)24(48)23(47)15(7)39)32(52-31)56-30-6-5(28(51-30)54-26)13(37)21(45)22(46)14(6)38;1-18-13(22)9(6-17)11-7-4-2-3-5-8(7)12(19-11)10-14(23)20-16(25)21-15(10)24;/h;2-5H,1H3,(H,18,22)(H3,20,21,23,24,25);/q-2;;+2/b;11-9-;. The molecule has 4 N–H and O–H groups in total. The molecule has 1 radical (unpaired) electrons. The predicted molar refractivity (Wildman–Crippen MR) is 322 cm³/mol. The van der Waals surface area contributed by atoms with E-state index in [4.69, 9.17) is 206 Å². The summed E-state index contributed by atoms with van der Waals surface area (Å²) in [5, 5.41) is 20.6. The van der Waals surface area contributed by atoms with E-state index in [0.29, 0.717) is 11.1 Å². The first-order valence-corrected chi connectivity index (χ1v) is 27.7. The largest absolute Gasteiger partial charge is 2.00 e. The normalized spacial score (nSPS) is 12.8. The van der Waals surface area contributed by atoms with Crippen LogP contribution >= 0.6 is 186 Å². The minimum absolute atomic E-state index is 0. The Bertz CT molecular complexity index is 4490. The molecule has 0 fully saturated rings. The van der Waals surface area contributed by atoms with Crippen LogP contribution < -0.4 is 26.5 Å². The van der Waals surface area contributed by atoms with Crippen molar-refractivity contribution in [1.29, 1.82) is 5.26 Å². The molecule has 0 unspecified atom stereocenters. The second-order valence-corrected chi connectivity index (χ2v) is 22.6. The number of benzene rings is 5. The number of halogens is 16. The molecule has 0 spiro atoms. The summed E-state index contributed by atoms with van der Waals surface area (Å²) < 4.78 is 0. The van der Waals surface area contributed by atoms with Gasteiger partial charge in [-0.25, -0.2) is 19.8 Å². The molecule has 0 saturated heterocycles. The topological polar surface area (TPSA) is 257 Å². The fourth-order valence-electron chi connectivity index (χ4n) is 8.64. The van der Waals surface area contributed by atoms with Gasteiger partial charge in [-0.15, -0.1) is 0 Å². The number of fused-ring (bicyclic) bond motifs is 21. The summed E-state index contributed by atoms with van der Waals surface area (Å²) in [6, 6.07) is 8.43. The van der Waals surface area contributed by atoms with Crippen molar-refractivity contribution in [3.05, 3.63) is 148 Å². The van der Waals surface area contributed by atoms with Crippen molar-refractivity contribution in [1.82, 2.24) is 55.2 Å². The van der Waals surface area contributed by atoms with Crippen molar-refractivity contribution in [2.24, 2.45) is 4.99 Å². The Labute approximate surface area is 546 Å². The van der Waals surface area contributed by atoms with Crippen LogP contribution in [0.25, 0.3) is 95.4 Å². The van der Waals surface area contributed by atoms with Crippen LogP contribution in [0.3, 0.4) is 0 Å². The van der Waals surface area contributed by atoms with Crippen molar-refractivity contribution in [2.45, 2.75) is 0 Å². The molecule has 0 atom stereocenters. The maximum atomic E-state index is 12.1. The van der Waals surface area contributed by atoms with E-state index in [0.717, 1.165) is 0 Å². The van der Waals surface area contributed by atoms with E-state index in [1.807, 2.05) is 4.98 Å². The van der Waals surface area contributed by atoms with Crippen molar-refractivity contribution in [3.8, 4) is 57.5 Å². The zero-order valence-electron chi connectivity index (χ0n) is 38.8. The number of carbonyl (C=O) groups is 1. The van der Waals surface area contributed by atoms with Crippen molar-refractivity contribution in [3.63, 3.8) is 0 Å². The molecular weight excluding hydrogens is 1450 g/mol. The maximum Gasteiger partial charge on any atom is 2.00 e. The molecule has 0 saturated carbocycles. The second kappa shape index (κ2) is 22.7. The van der Waals surface area contributed by atoms with E-state index in [1.165, 1.54) is 7.05 Å². The third-order valence-electron chi connectivity index (χ3n) is 12.2. The molecule has 82 heavy (non-hydrogen) atoms. The van der Waals surface area contributed by atoms with Crippen LogP contribution in [0.5, 0.6) is 5.88 Å². The number of aromatic nitrogens is 10. The number of nitrogens with one attached hydrogen (secondary N) is 3. The number of hydrogen-bond donors (Lipinski definition) is 4. The molecule has 0 aliphatic carbocycles. The summed E-state index contributed by atoms with van der Waals surface area (Å²) in [6.07, 6.45) is 0. The van der Waals surface area contributed by atoms with Crippen LogP contribution in [0, 0.1) is 11.3 Å². The van der Waals surface area contributed by atoms with Gasteiger partial charge < -0.3 is 40.3 Å². The van der Waals surface area contributed by atoms with Crippen LogP contribution in [0.4, 0.5) is 0 Å². The summed E-state index contributed by atoms with van der Waals surface area (Å²) in [5.41, 5.74) is -1.15. The molecule has 3 aliphatic heterocycles. The van der Waals surface area contributed by atoms with E-state index in [1.54, 1.807) is 30.3 Å². The molecule has 9 aromatic rings. The first-order valence-electron chi connectivity index (χ1n) is 21.7. The van der Waals surface area contributed by atoms with Crippen LogP contribution in [0.15, 0.2) is 44.4 Å². The fourth-order valence-corrected chi connectivity index (χ4v) is 12.7. The minimum Gasteiger partial charge on any atom is -0.494 e.